The van der Waals surface area contributed by atoms with Crippen LogP contribution in [0.2, 0.25) is 0 Å². The molecule has 1 saturated heterocycles. The number of methoxy groups -OCH3 is 2. The van der Waals surface area contributed by atoms with Gasteiger partial charge in [0.1, 0.15) is 17.3 Å². The molecule has 0 saturated carbocycles. The van der Waals surface area contributed by atoms with E-state index in [9.17, 15) is 4.79 Å². The van der Waals surface area contributed by atoms with Gasteiger partial charge in [-0.2, -0.15) is 0 Å². The van der Waals surface area contributed by atoms with Crippen molar-refractivity contribution in [2.75, 3.05) is 14.2 Å². The Kier molecular flexibility index (Phi) is 5.09. The van der Waals surface area contributed by atoms with Crippen LogP contribution in [0.3, 0.4) is 0 Å². The highest BCUT2D eigenvalue weighted by Crippen LogP contribution is 2.38. The van der Waals surface area contributed by atoms with Crippen LogP contribution in [-0.4, -0.2) is 20.0 Å². The molecular weight excluding hydrogens is 314 g/mol. The predicted molar refractivity (Wildman–Crippen MR) is 97.9 cm³/mol. The number of ether oxygens (including phenoxy) is 2. The highest BCUT2D eigenvalue weighted by Gasteiger charge is 2.40. The minimum absolute atomic E-state index is 0.0123. The minimum atomic E-state index is -0.0714. The van der Waals surface area contributed by atoms with Gasteiger partial charge in [-0.05, 0) is 35.4 Å². The van der Waals surface area contributed by atoms with E-state index in [4.69, 9.17) is 9.47 Å². The van der Waals surface area contributed by atoms with Gasteiger partial charge in [-0.15, -0.1) is 0 Å². The third-order valence-corrected chi connectivity index (χ3v) is 5.21. The second-order valence-electron chi connectivity index (χ2n) is 6.65. The zero-order chi connectivity index (χ0) is 18.0. The summed E-state index contributed by atoms with van der Waals surface area (Å²) in [6, 6.07) is 15.8. The molecule has 2 aromatic rings. The number of ketones is 1. The summed E-state index contributed by atoms with van der Waals surface area (Å²) in [6.07, 6.45) is 0. The summed E-state index contributed by atoms with van der Waals surface area (Å²) < 4.78 is 10.5. The maximum absolute atomic E-state index is 12.8. The van der Waals surface area contributed by atoms with Gasteiger partial charge < -0.3 is 14.8 Å². The van der Waals surface area contributed by atoms with Crippen LogP contribution < -0.4 is 14.8 Å². The van der Waals surface area contributed by atoms with Gasteiger partial charge in [0.15, 0.2) is 0 Å². The first-order valence-electron chi connectivity index (χ1n) is 8.63. The summed E-state index contributed by atoms with van der Waals surface area (Å²) in [5.74, 6) is 1.79. The maximum Gasteiger partial charge on any atom is 0.142 e. The number of carbonyl (C=O) groups excluding carboxylic acids is 1. The van der Waals surface area contributed by atoms with E-state index in [0.717, 1.165) is 22.6 Å². The average Bonchev–Trinajstić information content (AvgIpc) is 2.67. The van der Waals surface area contributed by atoms with Crippen molar-refractivity contribution in [2.24, 2.45) is 11.8 Å². The highest BCUT2D eigenvalue weighted by molar-refractivity contribution is 5.85. The molecule has 4 atom stereocenters. The van der Waals surface area contributed by atoms with Crippen LogP contribution >= 0.6 is 0 Å². The molecule has 1 aliphatic rings. The summed E-state index contributed by atoms with van der Waals surface area (Å²) in [5, 5.41) is 3.69. The van der Waals surface area contributed by atoms with Crippen LogP contribution in [0.5, 0.6) is 11.5 Å². The van der Waals surface area contributed by atoms with Crippen molar-refractivity contribution in [1.82, 2.24) is 5.32 Å². The summed E-state index contributed by atoms with van der Waals surface area (Å²) in [5.41, 5.74) is 2.21. The molecule has 25 heavy (non-hydrogen) atoms. The smallest absolute Gasteiger partial charge is 0.142 e. The molecule has 3 rings (SSSR count). The number of hydrogen-bond acceptors (Lipinski definition) is 4. The molecule has 2 aromatic carbocycles. The van der Waals surface area contributed by atoms with E-state index >= 15 is 0 Å². The van der Waals surface area contributed by atoms with E-state index < -0.39 is 0 Å². The quantitative estimate of drug-likeness (QED) is 0.917. The Hall–Kier alpha value is -2.33. The number of rotatable bonds is 4. The zero-order valence-corrected chi connectivity index (χ0v) is 15.2. The van der Waals surface area contributed by atoms with Crippen molar-refractivity contribution >= 4 is 5.78 Å². The highest BCUT2D eigenvalue weighted by atomic mass is 16.5. The van der Waals surface area contributed by atoms with E-state index in [1.165, 1.54) is 0 Å². The van der Waals surface area contributed by atoms with Gasteiger partial charge in [-0.25, -0.2) is 0 Å². The van der Waals surface area contributed by atoms with Crippen LogP contribution in [0.25, 0.3) is 0 Å². The topological polar surface area (TPSA) is 47.6 Å². The van der Waals surface area contributed by atoms with E-state index in [0.29, 0.717) is 5.78 Å². The van der Waals surface area contributed by atoms with Crippen LogP contribution in [0.1, 0.15) is 37.1 Å². The molecular formula is C21H25NO3. The molecule has 0 spiro atoms. The lowest BCUT2D eigenvalue weighted by Crippen LogP contribution is -2.46. The molecule has 0 unspecified atom stereocenters. The van der Waals surface area contributed by atoms with E-state index in [-0.39, 0.29) is 23.9 Å². The van der Waals surface area contributed by atoms with Gasteiger partial charge in [-0.1, -0.05) is 38.1 Å². The lowest BCUT2D eigenvalue weighted by atomic mass is 9.76. The molecule has 1 aliphatic heterocycles. The Bertz CT molecular complexity index is 662. The van der Waals surface area contributed by atoms with E-state index in [2.05, 4.69) is 5.32 Å². The van der Waals surface area contributed by atoms with Crippen LogP contribution in [0.4, 0.5) is 0 Å². The van der Waals surface area contributed by atoms with Gasteiger partial charge >= 0.3 is 0 Å². The molecule has 0 aromatic heterocycles. The van der Waals surface area contributed by atoms with E-state index in [1.807, 2.05) is 62.4 Å². The first kappa shape index (κ1) is 17.5. The van der Waals surface area contributed by atoms with E-state index in [1.54, 1.807) is 14.2 Å². The standard InChI is InChI=1S/C21H25NO3/c1-13-19(15-5-9-17(24-3)10-6-15)22-20(14(2)21(13)23)16-7-11-18(25-4)12-8-16/h5-14,19-20,22H,1-4H3/t13-,14-,19+,20+/m1/s1. The summed E-state index contributed by atoms with van der Waals surface area (Å²) in [4.78, 5) is 12.8. The maximum atomic E-state index is 12.8. The van der Waals surface area contributed by atoms with Crippen molar-refractivity contribution in [1.29, 1.82) is 0 Å². The Balaban J connectivity index is 1.89. The first-order valence-corrected chi connectivity index (χ1v) is 8.63. The monoisotopic (exact) mass is 339 g/mol. The fourth-order valence-corrected chi connectivity index (χ4v) is 3.62. The predicted octanol–water partition coefficient (Wildman–Crippen LogP) is 3.93. The van der Waals surface area contributed by atoms with Gasteiger partial charge in [0.25, 0.3) is 0 Å². The molecule has 132 valence electrons. The van der Waals surface area contributed by atoms with Gasteiger partial charge in [0, 0.05) is 23.9 Å². The molecule has 0 bridgehead atoms. The molecule has 1 N–H and O–H groups in total. The zero-order valence-electron chi connectivity index (χ0n) is 15.2. The lowest BCUT2D eigenvalue weighted by molar-refractivity contribution is -0.130. The number of nitrogens with one attached hydrogen (secondary N) is 1. The third kappa shape index (κ3) is 3.40. The largest absolute Gasteiger partial charge is 0.497 e. The molecule has 4 nitrogen and oxygen atoms in total. The molecule has 0 aliphatic carbocycles. The average molecular weight is 339 g/mol. The Morgan fingerprint density at radius 2 is 1.08 bits per heavy atom. The number of benzene rings is 2. The molecule has 4 heteroatoms. The number of piperidine rings is 1. The number of hydrogen-bond donors (Lipinski definition) is 1. The SMILES string of the molecule is COc1ccc([C@H]2N[C@H](c3ccc(OC)cc3)[C@@H](C)C(=O)[C@@H]2C)cc1. The third-order valence-electron chi connectivity index (χ3n) is 5.21. The normalized spacial score (nSPS) is 26.3. The summed E-state index contributed by atoms with van der Waals surface area (Å²) in [6.45, 7) is 4.01. The molecule has 1 heterocycles. The molecule has 0 amide bonds. The molecule has 1 fully saturated rings. The minimum Gasteiger partial charge on any atom is -0.497 e. The van der Waals surface area contributed by atoms with Gasteiger partial charge in [0.05, 0.1) is 14.2 Å². The summed E-state index contributed by atoms with van der Waals surface area (Å²) >= 11 is 0. The number of carbonyl (C=O) groups is 1. The fraction of sp³-hybridized carbons (Fsp3) is 0.381. The Labute approximate surface area is 149 Å². The van der Waals surface area contributed by atoms with Crippen LogP contribution in [0.15, 0.2) is 48.5 Å². The van der Waals surface area contributed by atoms with Crippen molar-refractivity contribution in [3.8, 4) is 11.5 Å². The van der Waals surface area contributed by atoms with Crippen molar-refractivity contribution in [3.05, 3.63) is 59.7 Å². The number of Topliss-reactive ketones (excluding diaryl/α,β-unsaturated/α-hetero) is 1. The summed E-state index contributed by atoms with van der Waals surface area (Å²) in [7, 11) is 3.31. The van der Waals surface area contributed by atoms with Crippen LogP contribution in [0, 0.1) is 11.8 Å². The van der Waals surface area contributed by atoms with Crippen molar-refractivity contribution < 1.29 is 14.3 Å². The van der Waals surface area contributed by atoms with Gasteiger partial charge in [0.2, 0.25) is 0 Å². The van der Waals surface area contributed by atoms with Gasteiger partial charge in [-0.3, -0.25) is 4.79 Å². The van der Waals surface area contributed by atoms with Crippen molar-refractivity contribution in [2.45, 2.75) is 25.9 Å². The first-order chi connectivity index (χ1) is 12.0. The lowest BCUT2D eigenvalue weighted by Gasteiger charge is -2.39. The van der Waals surface area contributed by atoms with Crippen molar-refractivity contribution in [3.63, 3.8) is 0 Å². The molecule has 0 radical (unpaired) electrons. The second kappa shape index (κ2) is 7.28. The second-order valence-corrected chi connectivity index (χ2v) is 6.65. The Morgan fingerprint density at radius 3 is 1.40 bits per heavy atom. The van der Waals surface area contributed by atoms with Crippen LogP contribution in [-0.2, 0) is 4.79 Å². The fourth-order valence-electron chi connectivity index (χ4n) is 3.62. The Morgan fingerprint density at radius 1 is 0.720 bits per heavy atom.